The van der Waals surface area contributed by atoms with E-state index in [0.717, 1.165) is 12.2 Å². The van der Waals surface area contributed by atoms with Gasteiger partial charge >= 0.3 is 0 Å². The Hall–Kier alpha value is -2.18. The largest absolute Gasteiger partial charge is 0.494 e. The van der Waals surface area contributed by atoms with Crippen LogP contribution < -0.4 is 9.47 Å². The summed E-state index contributed by atoms with van der Waals surface area (Å²) in [7, 11) is 0. The molecule has 0 aliphatic heterocycles. The van der Waals surface area contributed by atoms with Gasteiger partial charge in [0.25, 0.3) is 0 Å². The van der Waals surface area contributed by atoms with Crippen LogP contribution in [0.15, 0.2) is 42.5 Å². The van der Waals surface area contributed by atoms with Gasteiger partial charge in [-0.15, -0.1) is 0 Å². The van der Waals surface area contributed by atoms with Crippen molar-refractivity contribution in [2.45, 2.75) is 13.3 Å². The predicted molar refractivity (Wildman–Crippen MR) is 78.5 cm³/mol. The molecule has 0 N–H and O–H groups in total. The van der Waals surface area contributed by atoms with E-state index in [1.807, 2.05) is 12.1 Å². The van der Waals surface area contributed by atoms with E-state index in [4.69, 9.17) is 26.3 Å². The molecule has 0 aliphatic rings. The average Bonchev–Trinajstić information content (AvgIpc) is 2.48. The van der Waals surface area contributed by atoms with Crippen LogP contribution in [0, 0.1) is 11.3 Å². The van der Waals surface area contributed by atoms with Crippen LogP contribution >= 0.6 is 11.6 Å². The summed E-state index contributed by atoms with van der Waals surface area (Å²) >= 11 is 5.84. The Morgan fingerprint density at radius 2 is 1.80 bits per heavy atom. The van der Waals surface area contributed by atoms with Crippen molar-refractivity contribution in [1.82, 2.24) is 0 Å². The summed E-state index contributed by atoms with van der Waals surface area (Å²) in [6, 6.07) is 14.3. The van der Waals surface area contributed by atoms with E-state index >= 15 is 0 Å². The maximum Gasteiger partial charge on any atom is 0.145 e. The van der Waals surface area contributed by atoms with E-state index < -0.39 is 0 Å². The van der Waals surface area contributed by atoms with Gasteiger partial charge in [0.1, 0.15) is 23.3 Å². The van der Waals surface area contributed by atoms with Crippen LogP contribution in [0.5, 0.6) is 17.2 Å². The third kappa shape index (κ3) is 3.66. The minimum absolute atomic E-state index is 0.406. The Kier molecular flexibility index (Phi) is 4.86. The van der Waals surface area contributed by atoms with E-state index in [0.29, 0.717) is 28.7 Å². The van der Waals surface area contributed by atoms with Crippen molar-refractivity contribution in [3.63, 3.8) is 0 Å². The standard InChI is InChI=1S/C16H14ClNO2/c1-2-9-19-14-4-6-15(7-5-14)20-16-8-3-13(17)10-12(16)11-18/h3-8,10H,2,9H2,1H3. The molecule has 102 valence electrons. The first kappa shape index (κ1) is 14.2. The number of hydrogen-bond acceptors (Lipinski definition) is 3. The van der Waals surface area contributed by atoms with Crippen LogP contribution in [0.25, 0.3) is 0 Å². The highest BCUT2D eigenvalue weighted by Gasteiger charge is 2.05. The number of hydrogen-bond donors (Lipinski definition) is 0. The van der Waals surface area contributed by atoms with Crippen LogP contribution in [-0.2, 0) is 0 Å². The number of nitrogens with zero attached hydrogens (tertiary/aromatic N) is 1. The van der Waals surface area contributed by atoms with Gasteiger partial charge in [-0.05, 0) is 48.9 Å². The van der Waals surface area contributed by atoms with Gasteiger partial charge in [0, 0.05) is 5.02 Å². The lowest BCUT2D eigenvalue weighted by molar-refractivity contribution is 0.317. The Bertz CT molecular complexity index is 617. The molecular formula is C16H14ClNO2. The smallest absolute Gasteiger partial charge is 0.145 e. The Balaban J connectivity index is 2.12. The molecule has 0 spiro atoms. The normalized spacial score (nSPS) is 9.85. The maximum absolute atomic E-state index is 9.05. The van der Waals surface area contributed by atoms with Gasteiger partial charge in [-0.2, -0.15) is 5.26 Å². The van der Waals surface area contributed by atoms with E-state index in [1.54, 1.807) is 30.3 Å². The number of ether oxygens (including phenoxy) is 2. The van der Waals surface area contributed by atoms with Crippen LogP contribution in [0.2, 0.25) is 5.02 Å². The zero-order chi connectivity index (χ0) is 14.4. The fourth-order valence-electron chi connectivity index (χ4n) is 1.63. The number of benzene rings is 2. The Morgan fingerprint density at radius 1 is 1.10 bits per heavy atom. The molecule has 3 nitrogen and oxygen atoms in total. The third-order valence-corrected chi connectivity index (χ3v) is 2.82. The van der Waals surface area contributed by atoms with Crippen molar-refractivity contribution in [2.75, 3.05) is 6.61 Å². The summed E-state index contributed by atoms with van der Waals surface area (Å²) in [5.74, 6) is 1.93. The summed E-state index contributed by atoms with van der Waals surface area (Å²) in [6.45, 7) is 2.75. The van der Waals surface area contributed by atoms with Gasteiger partial charge in [0.15, 0.2) is 0 Å². The fraction of sp³-hybridized carbons (Fsp3) is 0.188. The Labute approximate surface area is 123 Å². The van der Waals surface area contributed by atoms with Gasteiger partial charge in [-0.1, -0.05) is 18.5 Å². The second-order valence-electron chi connectivity index (χ2n) is 4.17. The molecule has 0 saturated heterocycles. The second-order valence-corrected chi connectivity index (χ2v) is 4.61. The first-order chi connectivity index (χ1) is 9.72. The predicted octanol–water partition coefficient (Wildman–Crippen LogP) is 4.79. The van der Waals surface area contributed by atoms with Crippen LogP contribution in [0.1, 0.15) is 18.9 Å². The number of halogens is 1. The minimum Gasteiger partial charge on any atom is -0.494 e. The van der Waals surface area contributed by atoms with Gasteiger partial charge in [-0.25, -0.2) is 0 Å². The highest BCUT2D eigenvalue weighted by Crippen LogP contribution is 2.28. The van der Waals surface area contributed by atoms with Crippen LogP contribution in [0.3, 0.4) is 0 Å². The second kappa shape index (κ2) is 6.83. The van der Waals surface area contributed by atoms with E-state index in [9.17, 15) is 0 Å². The van der Waals surface area contributed by atoms with Gasteiger partial charge in [0.05, 0.1) is 12.2 Å². The molecule has 0 amide bonds. The summed E-state index contributed by atoms with van der Waals surface area (Å²) in [6.07, 6.45) is 0.967. The lowest BCUT2D eigenvalue weighted by Gasteiger charge is -2.09. The molecule has 2 aromatic rings. The molecule has 0 aromatic heterocycles. The maximum atomic E-state index is 9.05. The highest BCUT2D eigenvalue weighted by atomic mass is 35.5. The molecule has 0 aliphatic carbocycles. The van der Waals surface area contributed by atoms with Crippen LogP contribution in [-0.4, -0.2) is 6.61 Å². The van der Waals surface area contributed by atoms with E-state index in [1.165, 1.54) is 0 Å². The zero-order valence-electron chi connectivity index (χ0n) is 11.1. The lowest BCUT2D eigenvalue weighted by Crippen LogP contribution is -1.94. The molecule has 0 heterocycles. The molecule has 20 heavy (non-hydrogen) atoms. The molecule has 0 radical (unpaired) electrons. The molecular weight excluding hydrogens is 274 g/mol. The number of rotatable bonds is 5. The molecule has 0 bridgehead atoms. The average molecular weight is 288 g/mol. The first-order valence-corrected chi connectivity index (χ1v) is 6.71. The topological polar surface area (TPSA) is 42.2 Å². The SMILES string of the molecule is CCCOc1ccc(Oc2ccc(Cl)cc2C#N)cc1. The number of nitriles is 1. The van der Waals surface area contributed by atoms with Gasteiger partial charge < -0.3 is 9.47 Å². The lowest BCUT2D eigenvalue weighted by atomic mass is 10.2. The van der Waals surface area contributed by atoms with Crippen molar-refractivity contribution in [3.05, 3.63) is 53.1 Å². The highest BCUT2D eigenvalue weighted by molar-refractivity contribution is 6.30. The van der Waals surface area contributed by atoms with E-state index in [2.05, 4.69) is 13.0 Å². The summed E-state index contributed by atoms with van der Waals surface area (Å²) in [4.78, 5) is 0. The third-order valence-electron chi connectivity index (χ3n) is 2.59. The Morgan fingerprint density at radius 3 is 2.45 bits per heavy atom. The molecule has 0 saturated carbocycles. The van der Waals surface area contributed by atoms with Crippen molar-refractivity contribution in [1.29, 1.82) is 5.26 Å². The monoisotopic (exact) mass is 287 g/mol. The van der Waals surface area contributed by atoms with Crippen molar-refractivity contribution < 1.29 is 9.47 Å². The molecule has 4 heteroatoms. The first-order valence-electron chi connectivity index (χ1n) is 6.33. The van der Waals surface area contributed by atoms with Crippen molar-refractivity contribution in [3.8, 4) is 23.3 Å². The summed E-state index contributed by atoms with van der Waals surface area (Å²) in [5.41, 5.74) is 0.406. The zero-order valence-corrected chi connectivity index (χ0v) is 11.9. The summed E-state index contributed by atoms with van der Waals surface area (Å²) < 4.78 is 11.2. The van der Waals surface area contributed by atoms with Gasteiger partial charge in [0.2, 0.25) is 0 Å². The molecule has 0 unspecified atom stereocenters. The molecule has 0 fully saturated rings. The van der Waals surface area contributed by atoms with Crippen molar-refractivity contribution in [2.24, 2.45) is 0 Å². The molecule has 2 rings (SSSR count). The molecule has 0 atom stereocenters. The van der Waals surface area contributed by atoms with E-state index in [-0.39, 0.29) is 0 Å². The molecule has 2 aromatic carbocycles. The summed E-state index contributed by atoms with van der Waals surface area (Å²) in [5, 5.41) is 9.56. The van der Waals surface area contributed by atoms with Gasteiger partial charge in [-0.3, -0.25) is 0 Å². The fourth-order valence-corrected chi connectivity index (χ4v) is 1.80. The van der Waals surface area contributed by atoms with Crippen LogP contribution in [0.4, 0.5) is 0 Å². The minimum atomic E-state index is 0.406. The van der Waals surface area contributed by atoms with Crippen molar-refractivity contribution >= 4 is 11.6 Å². The quantitative estimate of drug-likeness (QED) is 0.794.